The second kappa shape index (κ2) is 9.03. The van der Waals surface area contributed by atoms with E-state index in [0.29, 0.717) is 18.0 Å². The number of hydrogen-bond acceptors (Lipinski definition) is 3. The smallest absolute Gasteiger partial charge is 0.255 e. The Morgan fingerprint density at radius 1 is 1.10 bits per heavy atom. The number of aryl methyl sites for hydroxylation is 1. The highest BCUT2D eigenvalue weighted by Crippen LogP contribution is 2.28. The monoisotopic (exact) mass is 390 g/mol. The molecule has 2 heterocycles. The van der Waals surface area contributed by atoms with Crippen LogP contribution in [0.25, 0.3) is 5.69 Å². The molecule has 0 aliphatic heterocycles. The van der Waals surface area contributed by atoms with Gasteiger partial charge in [0.05, 0.1) is 34.9 Å². The molecule has 152 valence electrons. The number of nitrogens with zero attached hydrogens (tertiary/aromatic N) is 3. The van der Waals surface area contributed by atoms with Crippen LogP contribution in [0.2, 0.25) is 0 Å². The molecule has 3 rings (SSSR count). The molecule has 29 heavy (non-hydrogen) atoms. The maximum absolute atomic E-state index is 13.3. The highest BCUT2D eigenvalue weighted by Gasteiger charge is 2.26. The van der Waals surface area contributed by atoms with Crippen LogP contribution in [-0.4, -0.2) is 20.7 Å². The molecule has 0 atom stereocenters. The number of nitrogens with one attached hydrogen (secondary N) is 1. The second-order valence-corrected chi connectivity index (χ2v) is 8.21. The topological polar surface area (TPSA) is 59.8 Å². The van der Waals surface area contributed by atoms with Crippen LogP contribution >= 0.6 is 0 Å². The van der Waals surface area contributed by atoms with Crippen LogP contribution in [-0.2, 0) is 13.0 Å². The van der Waals surface area contributed by atoms with Gasteiger partial charge in [0.15, 0.2) is 0 Å². The molecule has 0 saturated carbocycles. The molecule has 1 aromatic carbocycles. The summed E-state index contributed by atoms with van der Waals surface area (Å²) < 4.78 is 1.95. The molecule has 0 radical (unpaired) electrons. The zero-order valence-corrected chi connectivity index (χ0v) is 17.9. The van der Waals surface area contributed by atoms with Gasteiger partial charge in [0.1, 0.15) is 0 Å². The van der Waals surface area contributed by atoms with Crippen LogP contribution in [0.5, 0.6) is 0 Å². The first-order valence-corrected chi connectivity index (χ1v) is 10.2. The van der Waals surface area contributed by atoms with E-state index < -0.39 is 0 Å². The van der Waals surface area contributed by atoms with Crippen molar-refractivity contribution in [2.75, 3.05) is 0 Å². The molecule has 0 fully saturated rings. The van der Waals surface area contributed by atoms with Crippen molar-refractivity contribution in [1.29, 1.82) is 0 Å². The first-order chi connectivity index (χ1) is 13.9. The summed E-state index contributed by atoms with van der Waals surface area (Å²) >= 11 is 0. The lowest BCUT2D eigenvalue weighted by atomic mass is 9.98. The number of aromatic nitrogens is 3. The molecule has 0 aliphatic rings. The Labute approximate surface area is 173 Å². The molecular formula is C24H30N4O. The Balaban J connectivity index is 2.04. The van der Waals surface area contributed by atoms with E-state index in [1.54, 1.807) is 6.20 Å². The van der Waals surface area contributed by atoms with Crippen molar-refractivity contribution < 1.29 is 4.79 Å². The molecule has 0 spiro atoms. The lowest BCUT2D eigenvalue weighted by molar-refractivity contribution is 0.0948. The van der Waals surface area contributed by atoms with Crippen LogP contribution in [0.4, 0.5) is 0 Å². The van der Waals surface area contributed by atoms with Gasteiger partial charge in [0.25, 0.3) is 5.91 Å². The van der Waals surface area contributed by atoms with Gasteiger partial charge in [-0.15, -0.1) is 0 Å². The fourth-order valence-corrected chi connectivity index (χ4v) is 3.51. The summed E-state index contributed by atoms with van der Waals surface area (Å²) in [6.07, 6.45) is 2.49. The minimum absolute atomic E-state index is 0.0890. The van der Waals surface area contributed by atoms with Gasteiger partial charge >= 0.3 is 0 Å². The molecule has 0 unspecified atom stereocenters. The van der Waals surface area contributed by atoms with Crippen molar-refractivity contribution in [3.05, 3.63) is 76.9 Å². The molecule has 5 heteroatoms. The van der Waals surface area contributed by atoms with Crippen molar-refractivity contribution in [3.63, 3.8) is 0 Å². The van der Waals surface area contributed by atoms with Crippen molar-refractivity contribution in [1.82, 2.24) is 20.1 Å². The molecule has 1 amide bonds. The lowest BCUT2D eigenvalue weighted by Crippen LogP contribution is -2.25. The number of benzene rings is 1. The Hall–Kier alpha value is -2.95. The Morgan fingerprint density at radius 3 is 2.52 bits per heavy atom. The first kappa shape index (κ1) is 20.8. The number of carbonyl (C=O) groups excluding carboxylic acids is 1. The fourth-order valence-electron chi connectivity index (χ4n) is 3.51. The molecule has 3 aromatic rings. The van der Waals surface area contributed by atoms with E-state index in [2.05, 4.69) is 57.1 Å². The van der Waals surface area contributed by atoms with Crippen LogP contribution in [0.3, 0.4) is 0 Å². The van der Waals surface area contributed by atoms with E-state index in [9.17, 15) is 4.79 Å². The second-order valence-electron chi connectivity index (χ2n) is 8.21. The third-order valence-corrected chi connectivity index (χ3v) is 4.77. The predicted octanol–water partition coefficient (Wildman–Crippen LogP) is 4.83. The average Bonchev–Trinajstić information content (AvgIpc) is 3.06. The van der Waals surface area contributed by atoms with Crippen LogP contribution < -0.4 is 5.32 Å². The van der Waals surface area contributed by atoms with Crippen molar-refractivity contribution in [2.45, 2.75) is 53.5 Å². The minimum Gasteiger partial charge on any atom is -0.346 e. The van der Waals surface area contributed by atoms with Gasteiger partial charge in [-0.05, 0) is 55.0 Å². The van der Waals surface area contributed by atoms with Crippen molar-refractivity contribution >= 4 is 5.91 Å². The summed E-state index contributed by atoms with van der Waals surface area (Å²) in [6, 6.07) is 13.9. The maximum Gasteiger partial charge on any atom is 0.255 e. The fraction of sp³-hybridized carbons (Fsp3) is 0.375. The number of carbonyl (C=O) groups is 1. The summed E-state index contributed by atoms with van der Waals surface area (Å²) in [5, 5.41) is 7.94. The summed E-state index contributed by atoms with van der Waals surface area (Å²) in [5.74, 6) is 0.464. The van der Waals surface area contributed by atoms with Gasteiger partial charge in [-0.1, -0.05) is 45.9 Å². The van der Waals surface area contributed by atoms with E-state index in [1.807, 2.05) is 35.0 Å². The predicted molar refractivity (Wildman–Crippen MR) is 116 cm³/mol. The summed E-state index contributed by atoms with van der Waals surface area (Å²) in [7, 11) is 0. The van der Waals surface area contributed by atoms with Crippen molar-refractivity contribution in [3.8, 4) is 5.69 Å². The van der Waals surface area contributed by atoms with Gasteiger partial charge in [-0.25, -0.2) is 4.68 Å². The molecule has 1 N–H and O–H groups in total. The Kier molecular flexibility index (Phi) is 6.47. The summed E-state index contributed by atoms with van der Waals surface area (Å²) in [6.45, 7) is 11.0. The third-order valence-electron chi connectivity index (χ3n) is 4.77. The van der Waals surface area contributed by atoms with E-state index in [1.165, 1.54) is 5.56 Å². The quantitative estimate of drug-likeness (QED) is 0.629. The molecular weight excluding hydrogens is 360 g/mol. The summed E-state index contributed by atoms with van der Waals surface area (Å²) in [5.41, 5.74) is 5.49. The molecule has 5 nitrogen and oxygen atoms in total. The maximum atomic E-state index is 13.3. The third kappa shape index (κ3) is 4.91. The number of hydrogen-bond donors (Lipinski definition) is 1. The molecule has 2 aromatic heterocycles. The molecule has 0 aliphatic carbocycles. The first-order valence-electron chi connectivity index (χ1n) is 10.2. The SMILES string of the molecule is Cc1cccc(-n2nc(CC(C)C)c(C(=O)NCc3ccccn3)c2C(C)C)c1. The lowest BCUT2D eigenvalue weighted by Gasteiger charge is -2.14. The zero-order chi connectivity index (χ0) is 21.0. The number of pyridine rings is 1. The van der Waals surface area contributed by atoms with E-state index in [4.69, 9.17) is 5.10 Å². The molecule has 0 bridgehead atoms. The normalized spacial score (nSPS) is 11.3. The van der Waals surface area contributed by atoms with Crippen LogP contribution in [0, 0.1) is 12.8 Å². The van der Waals surface area contributed by atoms with E-state index in [-0.39, 0.29) is 11.8 Å². The molecule has 0 saturated heterocycles. The number of rotatable bonds is 7. The number of amides is 1. The highest BCUT2D eigenvalue weighted by atomic mass is 16.1. The highest BCUT2D eigenvalue weighted by molar-refractivity contribution is 5.96. The largest absolute Gasteiger partial charge is 0.346 e. The van der Waals surface area contributed by atoms with Crippen LogP contribution in [0.1, 0.15) is 66.6 Å². The Bertz CT molecular complexity index is 974. The zero-order valence-electron chi connectivity index (χ0n) is 17.9. The minimum atomic E-state index is -0.0890. The van der Waals surface area contributed by atoms with Gasteiger partial charge in [-0.3, -0.25) is 9.78 Å². The van der Waals surface area contributed by atoms with Gasteiger partial charge in [0.2, 0.25) is 0 Å². The van der Waals surface area contributed by atoms with Gasteiger partial charge < -0.3 is 5.32 Å². The van der Waals surface area contributed by atoms with E-state index >= 15 is 0 Å². The van der Waals surface area contributed by atoms with Crippen molar-refractivity contribution in [2.24, 2.45) is 5.92 Å². The van der Waals surface area contributed by atoms with Gasteiger partial charge in [-0.2, -0.15) is 5.10 Å². The average molecular weight is 391 g/mol. The van der Waals surface area contributed by atoms with E-state index in [0.717, 1.165) is 29.2 Å². The van der Waals surface area contributed by atoms with Gasteiger partial charge in [0, 0.05) is 6.20 Å². The summed E-state index contributed by atoms with van der Waals surface area (Å²) in [4.78, 5) is 17.6. The Morgan fingerprint density at radius 2 is 1.90 bits per heavy atom. The standard InChI is InChI=1S/C24H30N4O/c1-16(2)13-21-22(24(29)26-15-19-10-6-7-12-25-19)23(17(3)4)28(27-21)20-11-8-9-18(5)14-20/h6-12,14,16-17H,13,15H2,1-5H3,(H,26,29). The van der Waals surface area contributed by atoms with Crippen LogP contribution in [0.15, 0.2) is 48.7 Å².